The van der Waals surface area contributed by atoms with Gasteiger partial charge in [-0.25, -0.2) is 0 Å². The number of rotatable bonds is 4. The zero-order valence-electron chi connectivity index (χ0n) is 13.0. The first-order valence-corrected chi connectivity index (χ1v) is 6.97. The van der Waals surface area contributed by atoms with Crippen LogP contribution in [-0.4, -0.2) is 18.2 Å². The normalized spacial score (nSPS) is 12.3. The molecule has 0 heterocycles. The van der Waals surface area contributed by atoms with Crippen LogP contribution < -0.4 is 4.74 Å². The van der Waals surface area contributed by atoms with Crippen LogP contribution >= 0.6 is 11.6 Å². The van der Waals surface area contributed by atoms with Crippen LogP contribution in [0.2, 0.25) is 5.02 Å². The number of halogens is 1. The Morgan fingerprint density at radius 2 is 1.80 bits per heavy atom. The van der Waals surface area contributed by atoms with Crippen molar-refractivity contribution in [3.63, 3.8) is 0 Å². The van der Waals surface area contributed by atoms with Gasteiger partial charge < -0.3 is 9.84 Å². The minimum Gasteiger partial charge on any atom is -0.496 e. The summed E-state index contributed by atoms with van der Waals surface area (Å²) in [6.07, 6.45) is 0.370. The minimum atomic E-state index is -0.868. The number of carboxylic acids is 1. The molecule has 0 fully saturated rings. The predicted molar refractivity (Wildman–Crippen MR) is 81.8 cm³/mol. The molecule has 0 radical (unpaired) electrons. The number of carbonyl (C=O) groups is 1. The van der Waals surface area contributed by atoms with Crippen molar-refractivity contribution in [3.05, 3.63) is 28.3 Å². The number of aliphatic carboxylic acids is 1. The van der Waals surface area contributed by atoms with Crippen LogP contribution in [0.15, 0.2) is 12.1 Å². The lowest BCUT2D eigenvalue weighted by atomic mass is 9.81. The second kappa shape index (κ2) is 5.65. The van der Waals surface area contributed by atoms with Crippen LogP contribution in [0.5, 0.6) is 5.75 Å². The Morgan fingerprint density at radius 3 is 2.20 bits per heavy atom. The molecule has 1 rings (SSSR count). The smallest absolute Gasteiger partial charge is 0.309 e. The first-order valence-electron chi connectivity index (χ1n) is 6.59. The Labute approximate surface area is 125 Å². The molecule has 0 atom stereocenters. The largest absolute Gasteiger partial charge is 0.496 e. The Bertz CT molecular complexity index is 513. The average Bonchev–Trinajstić information content (AvgIpc) is 2.26. The van der Waals surface area contributed by atoms with E-state index in [2.05, 4.69) is 20.8 Å². The highest BCUT2D eigenvalue weighted by Crippen LogP contribution is 2.39. The molecular weight excluding hydrogens is 276 g/mol. The standard InChI is InChI=1S/C16H23ClO3/c1-15(2,3)12-8-11(17)7-10(13(12)20-6)9-16(4,5)14(18)19/h7-8H,9H2,1-6H3,(H,18,19). The Morgan fingerprint density at radius 1 is 1.25 bits per heavy atom. The number of methoxy groups -OCH3 is 1. The van der Waals surface area contributed by atoms with Crippen molar-refractivity contribution >= 4 is 17.6 Å². The van der Waals surface area contributed by atoms with Gasteiger partial charge in [-0.15, -0.1) is 0 Å². The fraction of sp³-hybridized carbons (Fsp3) is 0.562. The summed E-state index contributed by atoms with van der Waals surface area (Å²) < 4.78 is 5.53. The minimum absolute atomic E-state index is 0.127. The second-order valence-corrected chi connectivity index (χ2v) is 7.20. The van der Waals surface area contributed by atoms with Gasteiger partial charge in [0.05, 0.1) is 12.5 Å². The van der Waals surface area contributed by atoms with Crippen molar-refractivity contribution in [2.24, 2.45) is 5.41 Å². The van der Waals surface area contributed by atoms with E-state index in [1.54, 1.807) is 27.0 Å². The van der Waals surface area contributed by atoms with Gasteiger partial charge in [0.15, 0.2) is 0 Å². The van der Waals surface area contributed by atoms with Crippen molar-refractivity contribution in [2.45, 2.75) is 46.5 Å². The van der Waals surface area contributed by atoms with Crippen LogP contribution in [0, 0.1) is 5.41 Å². The molecule has 0 amide bonds. The molecule has 20 heavy (non-hydrogen) atoms. The molecule has 0 bridgehead atoms. The molecule has 0 saturated carbocycles. The quantitative estimate of drug-likeness (QED) is 0.901. The van der Waals surface area contributed by atoms with Gasteiger partial charge in [0, 0.05) is 10.6 Å². The number of benzene rings is 1. The maximum Gasteiger partial charge on any atom is 0.309 e. The Kier molecular flexibility index (Phi) is 4.75. The molecule has 0 aliphatic carbocycles. The van der Waals surface area contributed by atoms with Gasteiger partial charge in [-0.1, -0.05) is 32.4 Å². The molecule has 0 aliphatic rings. The van der Waals surface area contributed by atoms with Crippen LogP contribution in [0.3, 0.4) is 0 Å². The van der Waals surface area contributed by atoms with Gasteiger partial charge in [-0.2, -0.15) is 0 Å². The van der Waals surface area contributed by atoms with Gasteiger partial charge in [-0.05, 0) is 43.4 Å². The van der Waals surface area contributed by atoms with Crippen molar-refractivity contribution in [1.29, 1.82) is 0 Å². The number of hydrogen-bond donors (Lipinski definition) is 1. The second-order valence-electron chi connectivity index (χ2n) is 6.76. The van der Waals surface area contributed by atoms with E-state index >= 15 is 0 Å². The highest BCUT2D eigenvalue weighted by molar-refractivity contribution is 6.30. The average molecular weight is 299 g/mol. The molecular formula is C16H23ClO3. The molecule has 0 unspecified atom stereocenters. The van der Waals surface area contributed by atoms with Gasteiger partial charge >= 0.3 is 5.97 Å². The summed E-state index contributed by atoms with van der Waals surface area (Å²) in [5.41, 5.74) is 0.826. The summed E-state index contributed by atoms with van der Waals surface area (Å²) in [6, 6.07) is 3.68. The highest BCUT2D eigenvalue weighted by Gasteiger charge is 2.31. The van der Waals surface area contributed by atoms with Crippen LogP contribution in [0.25, 0.3) is 0 Å². The number of ether oxygens (including phenoxy) is 1. The van der Waals surface area contributed by atoms with Gasteiger partial charge in [-0.3, -0.25) is 4.79 Å². The lowest BCUT2D eigenvalue weighted by Gasteiger charge is -2.27. The van der Waals surface area contributed by atoms with Gasteiger partial charge in [0.1, 0.15) is 5.75 Å². The SMILES string of the molecule is COc1c(CC(C)(C)C(=O)O)cc(Cl)cc1C(C)(C)C. The molecule has 112 valence electrons. The molecule has 0 aromatic heterocycles. The molecule has 4 heteroatoms. The van der Waals surface area contributed by atoms with E-state index in [9.17, 15) is 9.90 Å². The summed E-state index contributed by atoms with van der Waals surface area (Å²) in [5, 5.41) is 9.89. The number of hydrogen-bond acceptors (Lipinski definition) is 2. The third-order valence-electron chi connectivity index (χ3n) is 3.35. The third kappa shape index (κ3) is 3.66. The Balaban J connectivity index is 3.40. The van der Waals surface area contributed by atoms with Gasteiger partial charge in [0.2, 0.25) is 0 Å². The predicted octanol–water partition coefficient (Wildman–Crippen LogP) is 4.30. The molecule has 0 spiro atoms. The summed E-state index contributed by atoms with van der Waals surface area (Å²) in [4.78, 5) is 11.3. The fourth-order valence-electron chi connectivity index (χ4n) is 2.13. The maximum atomic E-state index is 11.3. The zero-order valence-corrected chi connectivity index (χ0v) is 13.8. The summed E-state index contributed by atoms with van der Waals surface area (Å²) >= 11 is 6.19. The van der Waals surface area contributed by atoms with E-state index < -0.39 is 11.4 Å². The van der Waals surface area contributed by atoms with Gasteiger partial charge in [0.25, 0.3) is 0 Å². The van der Waals surface area contributed by atoms with Crippen LogP contribution in [-0.2, 0) is 16.6 Å². The van der Waals surface area contributed by atoms with E-state index in [4.69, 9.17) is 16.3 Å². The van der Waals surface area contributed by atoms with E-state index in [1.807, 2.05) is 6.07 Å². The third-order valence-corrected chi connectivity index (χ3v) is 3.57. The van der Waals surface area contributed by atoms with Crippen molar-refractivity contribution in [3.8, 4) is 5.75 Å². The summed E-state index contributed by atoms with van der Waals surface area (Å²) in [5.74, 6) is -0.104. The van der Waals surface area contributed by atoms with Crippen molar-refractivity contribution in [1.82, 2.24) is 0 Å². The van der Waals surface area contributed by atoms with E-state index in [-0.39, 0.29) is 5.41 Å². The first-order chi connectivity index (χ1) is 8.99. The van der Waals surface area contributed by atoms with E-state index in [0.29, 0.717) is 11.4 Å². The highest BCUT2D eigenvalue weighted by atomic mass is 35.5. The fourth-order valence-corrected chi connectivity index (χ4v) is 2.37. The molecule has 3 nitrogen and oxygen atoms in total. The lowest BCUT2D eigenvalue weighted by Crippen LogP contribution is -2.27. The topological polar surface area (TPSA) is 46.5 Å². The van der Waals surface area contributed by atoms with Crippen molar-refractivity contribution < 1.29 is 14.6 Å². The summed E-state index contributed by atoms with van der Waals surface area (Å²) in [6.45, 7) is 9.63. The Hall–Kier alpha value is -1.22. The zero-order chi connectivity index (χ0) is 15.7. The summed E-state index contributed by atoms with van der Waals surface area (Å²) in [7, 11) is 1.61. The molecule has 0 aliphatic heterocycles. The molecule has 1 aromatic carbocycles. The maximum absolute atomic E-state index is 11.3. The lowest BCUT2D eigenvalue weighted by molar-refractivity contribution is -0.146. The van der Waals surface area contributed by atoms with Crippen LogP contribution in [0.4, 0.5) is 0 Å². The van der Waals surface area contributed by atoms with Crippen LogP contribution in [0.1, 0.15) is 45.7 Å². The first kappa shape index (κ1) is 16.8. The molecule has 1 aromatic rings. The number of carboxylic acid groups (broad SMARTS) is 1. The monoisotopic (exact) mass is 298 g/mol. The molecule has 1 N–H and O–H groups in total. The molecule has 0 saturated heterocycles. The van der Waals surface area contributed by atoms with E-state index in [1.165, 1.54) is 0 Å². The van der Waals surface area contributed by atoms with Crippen molar-refractivity contribution in [2.75, 3.05) is 7.11 Å². The van der Waals surface area contributed by atoms with E-state index in [0.717, 1.165) is 16.9 Å².